The lowest BCUT2D eigenvalue weighted by atomic mass is 10.0. The molecule has 0 spiro atoms. The summed E-state index contributed by atoms with van der Waals surface area (Å²) in [6.45, 7) is 9.35. The van der Waals surface area contributed by atoms with Gasteiger partial charge in [0.1, 0.15) is 0 Å². The van der Waals surface area contributed by atoms with Crippen LogP contribution in [-0.2, 0) is 42.1 Å². The van der Waals surface area contributed by atoms with Crippen LogP contribution in [0.5, 0.6) is 0 Å². The Labute approximate surface area is 173 Å². The molecule has 0 saturated carbocycles. The van der Waals surface area contributed by atoms with E-state index in [0.29, 0.717) is 13.0 Å². The Morgan fingerprint density at radius 3 is 2.93 bits per heavy atom. The van der Waals surface area contributed by atoms with E-state index in [2.05, 4.69) is 40.9 Å². The number of carbonyl (C=O) groups is 1. The highest BCUT2D eigenvalue weighted by Crippen LogP contribution is 2.23. The second kappa shape index (κ2) is 9.09. The molecule has 156 valence electrons. The molecule has 6 heteroatoms. The molecule has 0 aliphatic carbocycles. The van der Waals surface area contributed by atoms with E-state index in [1.807, 2.05) is 12.1 Å². The molecule has 6 nitrogen and oxygen atoms in total. The van der Waals surface area contributed by atoms with Crippen LogP contribution in [0.2, 0.25) is 0 Å². The molecule has 1 saturated heterocycles. The monoisotopic (exact) mass is 396 g/mol. The summed E-state index contributed by atoms with van der Waals surface area (Å²) >= 11 is 0. The van der Waals surface area contributed by atoms with Gasteiger partial charge in [-0.05, 0) is 38.8 Å². The fraction of sp³-hybridized carbons (Fsp3) is 0.565. The highest BCUT2D eigenvalue weighted by molar-refractivity contribution is 5.78. The summed E-state index contributed by atoms with van der Waals surface area (Å²) in [6.07, 6.45) is 3.54. The SMILES string of the molecule is CCn1nc(CN2CCCC(NC(=O)Cc3ccc(C)cc3)C2)c2c1CCOC2. The van der Waals surface area contributed by atoms with Crippen molar-refractivity contribution in [2.24, 2.45) is 0 Å². The van der Waals surface area contributed by atoms with Crippen molar-refractivity contribution in [2.45, 2.75) is 65.3 Å². The average molecular weight is 397 g/mol. The minimum Gasteiger partial charge on any atom is -0.376 e. The number of aromatic nitrogens is 2. The van der Waals surface area contributed by atoms with Crippen molar-refractivity contribution < 1.29 is 9.53 Å². The number of hydrogen-bond acceptors (Lipinski definition) is 4. The van der Waals surface area contributed by atoms with E-state index in [0.717, 1.165) is 63.3 Å². The van der Waals surface area contributed by atoms with Crippen molar-refractivity contribution in [2.75, 3.05) is 19.7 Å². The average Bonchev–Trinajstić information content (AvgIpc) is 3.08. The first kappa shape index (κ1) is 20.1. The van der Waals surface area contributed by atoms with Gasteiger partial charge in [-0.2, -0.15) is 5.10 Å². The number of fused-ring (bicyclic) bond motifs is 1. The minimum absolute atomic E-state index is 0.113. The minimum atomic E-state index is 0.113. The van der Waals surface area contributed by atoms with Crippen molar-refractivity contribution in [3.63, 3.8) is 0 Å². The van der Waals surface area contributed by atoms with Gasteiger partial charge in [-0.3, -0.25) is 14.4 Å². The third-order valence-corrected chi connectivity index (χ3v) is 6.01. The second-order valence-electron chi connectivity index (χ2n) is 8.29. The number of aryl methyl sites for hydroxylation is 2. The summed E-state index contributed by atoms with van der Waals surface area (Å²) in [7, 11) is 0. The second-order valence-corrected chi connectivity index (χ2v) is 8.29. The fourth-order valence-corrected chi connectivity index (χ4v) is 4.47. The third-order valence-electron chi connectivity index (χ3n) is 6.01. The zero-order valence-corrected chi connectivity index (χ0v) is 17.6. The Morgan fingerprint density at radius 2 is 2.14 bits per heavy atom. The van der Waals surface area contributed by atoms with E-state index in [1.54, 1.807) is 0 Å². The molecule has 1 aromatic heterocycles. The van der Waals surface area contributed by atoms with E-state index in [1.165, 1.54) is 16.8 Å². The van der Waals surface area contributed by atoms with Crippen molar-refractivity contribution in [3.05, 3.63) is 52.3 Å². The lowest BCUT2D eigenvalue weighted by Crippen LogP contribution is -2.47. The maximum absolute atomic E-state index is 12.5. The Hall–Kier alpha value is -2.18. The molecular formula is C23H32N4O2. The molecule has 1 unspecified atom stereocenters. The number of likely N-dealkylation sites (tertiary alicyclic amines) is 1. The number of nitrogens with one attached hydrogen (secondary N) is 1. The quantitative estimate of drug-likeness (QED) is 0.815. The highest BCUT2D eigenvalue weighted by Gasteiger charge is 2.26. The van der Waals surface area contributed by atoms with Crippen LogP contribution in [0.3, 0.4) is 0 Å². The van der Waals surface area contributed by atoms with Gasteiger partial charge in [0.05, 0.1) is 25.3 Å². The molecule has 1 aromatic carbocycles. The molecule has 2 aliphatic rings. The number of amides is 1. The molecule has 3 heterocycles. The Bertz CT molecular complexity index is 843. The standard InChI is InChI=1S/C23H32N4O2/c1-3-27-22-10-12-29-16-20(22)21(25-27)15-26-11-4-5-19(14-26)24-23(28)13-18-8-6-17(2)7-9-18/h6-9,19H,3-5,10-16H2,1-2H3,(H,24,28). The first-order chi connectivity index (χ1) is 14.1. The molecular weight excluding hydrogens is 364 g/mol. The molecule has 1 fully saturated rings. The van der Waals surface area contributed by atoms with E-state index < -0.39 is 0 Å². The third kappa shape index (κ3) is 4.87. The summed E-state index contributed by atoms with van der Waals surface area (Å²) in [5, 5.41) is 8.11. The lowest BCUT2D eigenvalue weighted by Gasteiger charge is -2.33. The van der Waals surface area contributed by atoms with E-state index in [4.69, 9.17) is 9.84 Å². The van der Waals surface area contributed by atoms with Crippen molar-refractivity contribution in [1.29, 1.82) is 0 Å². The van der Waals surface area contributed by atoms with Gasteiger partial charge in [0.2, 0.25) is 5.91 Å². The molecule has 2 aromatic rings. The number of hydrogen-bond donors (Lipinski definition) is 1. The van der Waals surface area contributed by atoms with Crippen LogP contribution >= 0.6 is 0 Å². The van der Waals surface area contributed by atoms with Crippen molar-refractivity contribution >= 4 is 5.91 Å². The summed E-state index contributed by atoms with van der Waals surface area (Å²) in [5.74, 6) is 0.113. The van der Waals surface area contributed by atoms with Gasteiger partial charge in [-0.1, -0.05) is 29.8 Å². The number of ether oxygens (including phenoxy) is 1. The van der Waals surface area contributed by atoms with Gasteiger partial charge in [0.25, 0.3) is 0 Å². The number of carbonyl (C=O) groups excluding carboxylic acids is 1. The van der Waals surface area contributed by atoms with Gasteiger partial charge < -0.3 is 10.1 Å². The van der Waals surface area contributed by atoms with Crippen LogP contribution < -0.4 is 5.32 Å². The molecule has 0 bridgehead atoms. The number of piperidine rings is 1. The number of nitrogens with zero attached hydrogens (tertiary/aromatic N) is 3. The van der Waals surface area contributed by atoms with Crippen LogP contribution in [0.25, 0.3) is 0 Å². The van der Waals surface area contributed by atoms with Gasteiger partial charge in [0, 0.05) is 43.4 Å². The Balaban J connectivity index is 1.34. The predicted molar refractivity (Wildman–Crippen MR) is 113 cm³/mol. The lowest BCUT2D eigenvalue weighted by molar-refractivity contribution is -0.121. The molecule has 2 aliphatic heterocycles. The number of rotatable bonds is 6. The van der Waals surface area contributed by atoms with Crippen LogP contribution in [0.15, 0.2) is 24.3 Å². The molecule has 4 rings (SSSR count). The van der Waals surface area contributed by atoms with Gasteiger partial charge in [-0.25, -0.2) is 0 Å². The molecule has 29 heavy (non-hydrogen) atoms. The first-order valence-electron chi connectivity index (χ1n) is 10.8. The maximum atomic E-state index is 12.5. The molecule has 1 amide bonds. The molecule has 1 atom stereocenters. The van der Waals surface area contributed by atoms with Crippen molar-refractivity contribution in [1.82, 2.24) is 20.0 Å². The summed E-state index contributed by atoms with van der Waals surface area (Å²) in [6, 6.07) is 8.41. The smallest absolute Gasteiger partial charge is 0.224 e. The van der Waals surface area contributed by atoms with Crippen LogP contribution in [0.4, 0.5) is 0 Å². The zero-order chi connectivity index (χ0) is 20.2. The van der Waals surface area contributed by atoms with Crippen LogP contribution in [0.1, 0.15) is 47.8 Å². The first-order valence-corrected chi connectivity index (χ1v) is 10.8. The van der Waals surface area contributed by atoms with Gasteiger partial charge in [-0.15, -0.1) is 0 Å². The Kier molecular flexibility index (Phi) is 6.31. The van der Waals surface area contributed by atoms with E-state index in [9.17, 15) is 4.79 Å². The summed E-state index contributed by atoms with van der Waals surface area (Å²) in [5.41, 5.74) is 6.05. The highest BCUT2D eigenvalue weighted by atomic mass is 16.5. The van der Waals surface area contributed by atoms with Gasteiger partial charge in [0.15, 0.2) is 0 Å². The van der Waals surface area contributed by atoms with E-state index in [-0.39, 0.29) is 11.9 Å². The molecule has 0 radical (unpaired) electrons. The molecule has 1 N–H and O–H groups in total. The van der Waals surface area contributed by atoms with E-state index >= 15 is 0 Å². The Morgan fingerprint density at radius 1 is 1.31 bits per heavy atom. The normalized spacial score (nSPS) is 19.7. The number of benzene rings is 1. The van der Waals surface area contributed by atoms with Crippen molar-refractivity contribution in [3.8, 4) is 0 Å². The van der Waals surface area contributed by atoms with Crippen LogP contribution in [0, 0.1) is 6.92 Å². The summed E-state index contributed by atoms with van der Waals surface area (Å²) in [4.78, 5) is 14.9. The summed E-state index contributed by atoms with van der Waals surface area (Å²) < 4.78 is 7.83. The maximum Gasteiger partial charge on any atom is 0.224 e. The largest absolute Gasteiger partial charge is 0.376 e. The topological polar surface area (TPSA) is 59.4 Å². The fourth-order valence-electron chi connectivity index (χ4n) is 4.47. The zero-order valence-electron chi connectivity index (χ0n) is 17.6. The predicted octanol–water partition coefficient (Wildman–Crippen LogP) is 2.61. The van der Waals surface area contributed by atoms with Gasteiger partial charge >= 0.3 is 0 Å². The van der Waals surface area contributed by atoms with Crippen LogP contribution in [-0.4, -0.2) is 46.3 Å².